The van der Waals surface area contributed by atoms with Gasteiger partial charge in [0, 0.05) is 12.8 Å². The van der Waals surface area contributed by atoms with Crippen LogP contribution in [0.1, 0.15) is 450 Å². The second kappa shape index (κ2) is 80.9. The summed E-state index contributed by atoms with van der Waals surface area (Å²) in [5.74, 6) is -1.97. The number of quaternary nitrogens is 1. The third kappa shape index (κ3) is 82.4. The normalized spacial score (nSPS) is 12.8. The number of carboxylic acid groups (broad SMARTS) is 1. The number of likely N-dealkylation sites (N-methyl/N-ethyl adjacent to an activating group) is 1. The summed E-state index contributed by atoms with van der Waals surface area (Å²) < 4.78 is 23.1. The highest BCUT2D eigenvalue weighted by Crippen LogP contribution is 2.21. The Kier molecular flexibility index (Phi) is 78.7. The second-order valence-electron chi connectivity index (χ2n) is 31.2. The molecular formula is C90H170NO8+. The summed E-state index contributed by atoms with van der Waals surface area (Å²) in [6.07, 6.45) is 104. The molecule has 0 fully saturated rings. The minimum Gasteiger partial charge on any atom is -0.477 e. The molecule has 0 spiro atoms. The van der Waals surface area contributed by atoms with Gasteiger partial charge < -0.3 is 28.5 Å². The average molecular weight is 1390 g/mol. The van der Waals surface area contributed by atoms with Crippen LogP contribution < -0.4 is 0 Å². The molecule has 0 heterocycles. The van der Waals surface area contributed by atoms with Crippen molar-refractivity contribution in [3.05, 3.63) is 48.6 Å². The Labute approximate surface area is 616 Å². The zero-order valence-electron chi connectivity index (χ0n) is 66.9. The third-order valence-corrected chi connectivity index (χ3v) is 20.1. The van der Waals surface area contributed by atoms with Crippen LogP contribution in [-0.2, 0) is 33.3 Å². The van der Waals surface area contributed by atoms with Gasteiger partial charge in [0.2, 0.25) is 0 Å². The summed E-state index contributed by atoms with van der Waals surface area (Å²) in [6, 6.07) is 0. The summed E-state index contributed by atoms with van der Waals surface area (Å²) in [5.41, 5.74) is 0. The van der Waals surface area contributed by atoms with Crippen molar-refractivity contribution in [3.8, 4) is 0 Å². The summed E-state index contributed by atoms with van der Waals surface area (Å²) >= 11 is 0. The highest BCUT2D eigenvalue weighted by Gasteiger charge is 2.25. The zero-order chi connectivity index (χ0) is 71.8. The number of hydrogen-bond acceptors (Lipinski definition) is 7. The molecule has 2 atom stereocenters. The van der Waals surface area contributed by atoms with E-state index >= 15 is 0 Å². The molecule has 0 rings (SSSR count). The fourth-order valence-corrected chi connectivity index (χ4v) is 13.4. The predicted molar refractivity (Wildman–Crippen MR) is 429 cm³/mol. The number of unbranched alkanes of at least 4 members (excludes halogenated alkanes) is 60. The van der Waals surface area contributed by atoms with E-state index in [1.54, 1.807) is 0 Å². The quantitative estimate of drug-likeness (QED) is 0.0211. The molecule has 99 heavy (non-hydrogen) atoms. The number of esters is 2. The van der Waals surface area contributed by atoms with E-state index < -0.39 is 18.4 Å². The Morgan fingerprint density at radius 3 is 0.818 bits per heavy atom. The number of allylic oxidation sites excluding steroid dienone is 8. The lowest BCUT2D eigenvalue weighted by Crippen LogP contribution is -2.40. The maximum atomic E-state index is 13.0. The number of ether oxygens (including phenoxy) is 4. The first kappa shape index (κ1) is 96.2. The molecule has 0 saturated carbocycles. The summed E-state index contributed by atoms with van der Waals surface area (Å²) in [6.45, 7) is 4.95. The molecule has 582 valence electrons. The Balaban J connectivity index is 3.91. The van der Waals surface area contributed by atoms with E-state index in [0.29, 0.717) is 17.4 Å². The van der Waals surface area contributed by atoms with Crippen molar-refractivity contribution in [2.24, 2.45) is 0 Å². The molecule has 0 aromatic carbocycles. The largest absolute Gasteiger partial charge is 0.477 e. The summed E-state index contributed by atoms with van der Waals surface area (Å²) in [7, 11) is 6.00. The van der Waals surface area contributed by atoms with E-state index in [4.69, 9.17) is 18.9 Å². The van der Waals surface area contributed by atoms with E-state index in [1.807, 2.05) is 21.1 Å². The minimum absolute atomic E-state index is 0.175. The number of rotatable bonds is 83. The average Bonchev–Trinajstić information content (AvgIpc) is 2.62. The standard InChI is InChI=1S/C90H169NO8/c1-6-8-10-12-14-16-18-20-22-24-26-28-30-32-34-36-38-40-41-42-43-44-45-46-47-49-51-53-55-57-59-61-63-65-67-69-71-73-75-77-79-81-88(93)99-86(85-98-90(89(94)95)96-83-82-91(3,4)5)84-97-87(92)80-78-76-74-72-70-68-66-64-62-60-58-56-54-52-50-48-39-37-35-33-31-29-27-25-23-21-19-17-15-13-11-9-7-2/h18,20,24-27,30,32,86,90H,6-17,19,21-23,28-29,31,33-85H2,1-5H3/p+1/b20-18-,26-24-,27-25-,32-30-. The molecular weight excluding hydrogens is 1220 g/mol. The molecule has 0 aliphatic heterocycles. The third-order valence-electron chi connectivity index (χ3n) is 20.1. The number of aliphatic carboxylic acids is 1. The first-order chi connectivity index (χ1) is 48.6. The van der Waals surface area contributed by atoms with Gasteiger partial charge in [0.1, 0.15) is 13.2 Å². The first-order valence-corrected chi connectivity index (χ1v) is 43.8. The van der Waals surface area contributed by atoms with Crippen molar-refractivity contribution in [3.63, 3.8) is 0 Å². The number of nitrogens with zero attached hydrogens (tertiary/aromatic N) is 1. The highest BCUT2D eigenvalue weighted by molar-refractivity contribution is 5.71. The summed E-state index contributed by atoms with van der Waals surface area (Å²) in [4.78, 5) is 37.8. The number of hydrogen-bond donors (Lipinski definition) is 1. The molecule has 9 nitrogen and oxygen atoms in total. The van der Waals surface area contributed by atoms with Crippen LogP contribution in [0.2, 0.25) is 0 Å². The van der Waals surface area contributed by atoms with Crippen molar-refractivity contribution in [1.29, 1.82) is 0 Å². The van der Waals surface area contributed by atoms with Gasteiger partial charge in [-0.3, -0.25) is 9.59 Å². The van der Waals surface area contributed by atoms with Crippen LogP contribution in [0.15, 0.2) is 48.6 Å². The van der Waals surface area contributed by atoms with E-state index in [9.17, 15) is 19.5 Å². The van der Waals surface area contributed by atoms with Crippen LogP contribution in [0, 0.1) is 0 Å². The Morgan fingerprint density at radius 1 is 0.303 bits per heavy atom. The van der Waals surface area contributed by atoms with Gasteiger partial charge in [-0.15, -0.1) is 0 Å². The molecule has 0 aromatic heterocycles. The van der Waals surface area contributed by atoms with Crippen molar-refractivity contribution >= 4 is 17.9 Å². The number of carbonyl (C=O) groups is 3. The van der Waals surface area contributed by atoms with Crippen molar-refractivity contribution in [2.75, 3.05) is 47.5 Å². The molecule has 1 N–H and O–H groups in total. The van der Waals surface area contributed by atoms with Crippen molar-refractivity contribution in [2.45, 2.75) is 463 Å². The zero-order valence-corrected chi connectivity index (χ0v) is 66.9. The van der Waals surface area contributed by atoms with E-state index in [1.165, 1.54) is 372 Å². The molecule has 0 bridgehead atoms. The molecule has 0 aromatic rings. The fraction of sp³-hybridized carbons (Fsp3) is 0.878. The first-order valence-electron chi connectivity index (χ1n) is 43.8. The van der Waals surface area contributed by atoms with E-state index in [2.05, 4.69) is 62.5 Å². The SMILES string of the molecule is CCCCCCC/C=C\C/C=C\C/C=C\CCCCCCCCCCCCCCCCCCCCCCCCCCCCC(=O)OC(COC(=O)CCCCCCCCCCCCCCCCCCCCCCC/C=C\CCCCCCCCCC)COC(OCC[N+](C)(C)C)C(=O)O. The molecule has 0 aliphatic rings. The Bertz CT molecular complexity index is 1770. The summed E-state index contributed by atoms with van der Waals surface area (Å²) in [5, 5.41) is 9.79. The van der Waals surface area contributed by atoms with Crippen molar-refractivity contribution in [1.82, 2.24) is 0 Å². The van der Waals surface area contributed by atoms with Gasteiger partial charge in [0.25, 0.3) is 6.29 Å². The highest BCUT2D eigenvalue weighted by atomic mass is 16.7. The van der Waals surface area contributed by atoms with Gasteiger partial charge in [-0.25, -0.2) is 4.79 Å². The van der Waals surface area contributed by atoms with Crippen molar-refractivity contribution < 1.29 is 42.9 Å². The van der Waals surface area contributed by atoms with Gasteiger partial charge in [0.05, 0.1) is 34.4 Å². The number of carbonyl (C=O) groups excluding carboxylic acids is 2. The lowest BCUT2D eigenvalue weighted by molar-refractivity contribution is -0.870. The van der Waals surface area contributed by atoms with Gasteiger partial charge >= 0.3 is 17.9 Å². The van der Waals surface area contributed by atoms with Crippen LogP contribution in [0.3, 0.4) is 0 Å². The van der Waals surface area contributed by atoms with Crippen LogP contribution in [-0.4, -0.2) is 87.4 Å². The molecule has 0 saturated heterocycles. The molecule has 0 amide bonds. The monoisotopic (exact) mass is 1390 g/mol. The van der Waals surface area contributed by atoms with Crippen LogP contribution in [0.5, 0.6) is 0 Å². The fourth-order valence-electron chi connectivity index (χ4n) is 13.4. The molecule has 0 radical (unpaired) electrons. The smallest absolute Gasteiger partial charge is 0.361 e. The maximum absolute atomic E-state index is 13.0. The number of carboxylic acids is 1. The van der Waals surface area contributed by atoms with Gasteiger partial charge in [-0.05, 0) is 77.0 Å². The van der Waals surface area contributed by atoms with Crippen LogP contribution in [0.25, 0.3) is 0 Å². The lowest BCUT2D eigenvalue weighted by atomic mass is 10.0. The minimum atomic E-state index is -1.51. The molecule has 9 heteroatoms. The van der Waals surface area contributed by atoms with Crippen LogP contribution in [0.4, 0.5) is 0 Å². The molecule has 2 unspecified atom stereocenters. The second-order valence-corrected chi connectivity index (χ2v) is 31.2. The van der Waals surface area contributed by atoms with E-state index in [-0.39, 0.29) is 38.2 Å². The topological polar surface area (TPSA) is 108 Å². The van der Waals surface area contributed by atoms with E-state index in [0.717, 1.165) is 51.4 Å². The lowest BCUT2D eigenvalue weighted by Gasteiger charge is -2.25. The maximum Gasteiger partial charge on any atom is 0.361 e. The van der Waals surface area contributed by atoms with Gasteiger partial charge in [-0.2, -0.15) is 0 Å². The Hall–Kier alpha value is -2.75. The van der Waals surface area contributed by atoms with Gasteiger partial charge in [0.15, 0.2) is 6.10 Å². The van der Waals surface area contributed by atoms with Gasteiger partial charge in [-0.1, -0.05) is 409 Å². The predicted octanol–water partition coefficient (Wildman–Crippen LogP) is 28.4. The Morgan fingerprint density at radius 2 is 0.545 bits per heavy atom. The molecule has 0 aliphatic carbocycles. The van der Waals surface area contributed by atoms with Crippen LogP contribution >= 0.6 is 0 Å².